The third kappa shape index (κ3) is 4.60. The fourth-order valence-electron chi connectivity index (χ4n) is 6.85. The molecule has 0 aliphatic rings. The van der Waals surface area contributed by atoms with Crippen LogP contribution in [0.1, 0.15) is 6.85 Å². The van der Waals surface area contributed by atoms with Gasteiger partial charge in [0.25, 0.3) is 0 Å². The Bertz CT molecular complexity index is 3130. The summed E-state index contributed by atoms with van der Waals surface area (Å²) in [5, 5.41) is 4.12. The minimum absolute atomic E-state index is 0.0275. The summed E-state index contributed by atoms with van der Waals surface area (Å²) in [6.07, 6.45) is 0. The van der Waals surface area contributed by atoms with E-state index >= 15 is 0 Å². The number of rotatable bonds is 5. The number of aromatic nitrogens is 4. The molecular formula is C45H28N4O. The highest BCUT2D eigenvalue weighted by Crippen LogP contribution is 2.39. The fourth-order valence-corrected chi connectivity index (χ4v) is 6.85. The summed E-state index contributed by atoms with van der Waals surface area (Å²) in [5.74, 6) is 0.521. The average molecular weight is 646 g/mol. The molecule has 0 unspecified atom stereocenters. The zero-order valence-electron chi connectivity index (χ0n) is 31.5. The lowest BCUT2D eigenvalue weighted by Gasteiger charge is -2.08. The summed E-state index contributed by atoms with van der Waals surface area (Å²) in [7, 11) is 0. The Balaban J connectivity index is 1.13. The van der Waals surface area contributed by atoms with E-state index in [1.54, 1.807) is 0 Å². The predicted molar refractivity (Wildman–Crippen MR) is 203 cm³/mol. The molecule has 0 radical (unpaired) electrons. The molecule has 0 aliphatic heterocycles. The van der Waals surface area contributed by atoms with Gasteiger partial charge in [0, 0.05) is 38.4 Å². The van der Waals surface area contributed by atoms with E-state index < -0.39 is 18.1 Å². The van der Waals surface area contributed by atoms with Gasteiger partial charge >= 0.3 is 0 Å². The van der Waals surface area contributed by atoms with Crippen molar-refractivity contribution >= 4 is 43.7 Å². The first kappa shape index (κ1) is 23.5. The molecule has 7 aromatic carbocycles. The molecule has 0 atom stereocenters. The van der Waals surface area contributed by atoms with E-state index in [4.69, 9.17) is 21.2 Å². The maximum absolute atomic E-state index is 8.65. The fraction of sp³-hybridized carbons (Fsp3) is 0. The molecule has 0 saturated heterocycles. The van der Waals surface area contributed by atoms with Crippen LogP contribution in [0.2, 0.25) is 0 Å². The Hall–Kier alpha value is -6.85. The van der Waals surface area contributed by atoms with Crippen molar-refractivity contribution in [2.75, 3.05) is 0 Å². The number of hydrogen-bond acceptors (Lipinski definition) is 4. The normalized spacial score (nSPS) is 13.0. The summed E-state index contributed by atoms with van der Waals surface area (Å²) in [5.41, 5.74) is 7.85. The topological polar surface area (TPSA) is 56.7 Å². The van der Waals surface area contributed by atoms with Gasteiger partial charge in [-0.2, -0.15) is 0 Å². The van der Waals surface area contributed by atoms with Crippen LogP contribution in [0.3, 0.4) is 0 Å². The lowest BCUT2D eigenvalue weighted by molar-refractivity contribution is 0.669. The van der Waals surface area contributed by atoms with Crippen LogP contribution in [0.4, 0.5) is 0 Å². The smallest absolute Gasteiger partial charge is 0.167 e. The Kier molecular flexibility index (Phi) is 5.35. The lowest BCUT2D eigenvalue weighted by atomic mass is 10.0. The summed E-state index contributed by atoms with van der Waals surface area (Å²) in [6.45, 7) is 0. The highest BCUT2D eigenvalue weighted by atomic mass is 16.3. The average Bonchev–Trinajstić information content (AvgIpc) is 3.78. The van der Waals surface area contributed by atoms with Crippen LogP contribution in [0.25, 0.3) is 94.7 Å². The highest BCUT2D eigenvalue weighted by Gasteiger charge is 2.19. The van der Waals surface area contributed by atoms with Crippen LogP contribution >= 0.6 is 0 Å². The zero-order valence-corrected chi connectivity index (χ0v) is 26.5. The second-order valence-corrected chi connectivity index (χ2v) is 12.1. The summed E-state index contributed by atoms with van der Waals surface area (Å²) >= 11 is 0. The van der Waals surface area contributed by atoms with E-state index in [-0.39, 0.29) is 29.3 Å². The molecule has 50 heavy (non-hydrogen) atoms. The third-order valence-electron chi connectivity index (χ3n) is 9.15. The number of benzene rings is 7. The maximum Gasteiger partial charge on any atom is 0.167 e. The Labute approximate surface area is 294 Å². The van der Waals surface area contributed by atoms with Crippen molar-refractivity contribution < 1.29 is 11.3 Å². The SMILES string of the molecule is [2H]c1c([2H])c([2H])c(-c2nc(-c3ccccc3)nc(-c3cccc4c3oc3cc(-c5ccc6c(c5)c5ccccc5n6-c5ccccc5)ccc34)n2)c([2H])c1[2H]. The van der Waals surface area contributed by atoms with Crippen LogP contribution in [0, 0.1) is 0 Å². The number of para-hydroxylation sites is 3. The number of hydrogen-bond donors (Lipinski definition) is 0. The van der Waals surface area contributed by atoms with E-state index in [1.165, 1.54) is 5.39 Å². The first-order valence-corrected chi connectivity index (χ1v) is 16.3. The van der Waals surface area contributed by atoms with Gasteiger partial charge in [-0.1, -0.05) is 121 Å². The van der Waals surface area contributed by atoms with Crippen LogP contribution in [0.5, 0.6) is 0 Å². The first-order chi connectivity index (χ1) is 26.9. The van der Waals surface area contributed by atoms with Gasteiger partial charge in [0.05, 0.1) is 23.5 Å². The van der Waals surface area contributed by atoms with Crippen molar-refractivity contribution in [1.29, 1.82) is 0 Å². The van der Waals surface area contributed by atoms with Gasteiger partial charge in [-0.15, -0.1) is 0 Å². The molecule has 0 N–H and O–H groups in total. The largest absolute Gasteiger partial charge is 0.455 e. The Morgan fingerprint density at radius 2 is 1.12 bits per heavy atom. The molecule has 5 nitrogen and oxygen atoms in total. The molecule has 234 valence electrons. The molecule has 0 amide bonds. The Morgan fingerprint density at radius 1 is 0.460 bits per heavy atom. The van der Waals surface area contributed by atoms with Crippen molar-refractivity contribution in [3.05, 3.63) is 170 Å². The number of nitrogens with zero attached hydrogens (tertiary/aromatic N) is 4. The first-order valence-electron chi connectivity index (χ1n) is 18.8. The van der Waals surface area contributed by atoms with E-state index in [0.717, 1.165) is 44.0 Å². The van der Waals surface area contributed by atoms with E-state index in [2.05, 4.69) is 94.5 Å². The van der Waals surface area contributed by atoms with E-state index in [0.29, 0.717) is 28.1 Å². The summed E-state index contributed by atoms with van der Waals surface area (Å²) in [4.78, 5) is 14.2. The van der Waals surface area contributed by atoms with Gasteiger partial charge in [0.15, 0.2) is 17.5 Å². The molecule has 5 heteroatoms. The molecule has 0 fully saturated rings. The molecule has 3 aromatic heterocycles. The van der Waals surface area contributed by atoms with Crippen LogP contribution in [-0.2, 0) is 0 Å². The molecule has 0 bridgehead atoms. The number of furan rings is 1. The molecule has 0 saturated carbocycles. The summed E-state index contributed by atoms with van der Waals surface area (Å²) < 4.78 is 50.9. The lowest BCUT2D eigenvalue weighted by Crippen LogP contribution is -2.00. The van der Waals surface area contributed by atoms with Crippen molar-refractivity contribution in [3.63, 3.8) is 0 Å². The molecule has 10 rings (SSSR count). The van der Waals surface area contributed by atoms with E-state index in [9.17, 15) is 0 Å². The zero-order chi connectivity index (χ0) is 37.4. The standard InChI is InChI=1S/C45H28N4O/c1-4-13-29(14-5-1)43-46-44(30-15-6-2-7-16-30)48-45(47-43)37-21-12-20-36-35-25-23-32(28-41(35)50-42(36)37)31-24-26-40-38(27-31)34-19-10-11-22-39(34)49(40)33-17-8-3-9-18-33/h1-28H/i1D,4D,5D,13D,14D. The second-order valence-electron chi connectivity index (χ2n) is 12.1. The Morgan fingerprint density at radius 3 is 1.96 bits per heavy atom. The van der Waals surface area contributed by atoms with Gasteiger partial charge in [0.1, 0.15) is 11.2 Å². The second kappa shape index (κ2) is 11.4. The van der Waals surface area contributed by atoms with Crippen LogP contribution < -0.4 is 0 Å². The van der Waals surface area contributed by atoms with E-state index in [1.807, 2.05) is 54.6 Å². The molecule has 0 aliphatic carbocycles. The molecule has 3 heterocycles. The molecular weight excluding hydrogens is 613 g/mol. The van der Waals surface area contributed by atoms with Gasteiger partial charge in [-0.05, 0) is 59.7 Å². The maximum atomic E-state index is 8.65. The van der Waals surface area contributed by atoms with Gasteiger partial charge in [0.2, 0.25) is 0 Å². The van der Waals surface area contributed by atoms with Crippen molar-refractivity contribution in [2.45, 2.75) is 0 Å². The molecule has 10 aromatic rings. The minimum atomic E-state index is -0.485. The van der Waals surface area contributed by atoms with Crippen molar-refractivity contribution in [2.24, 2.45) is 0 Å². The van der Waals surface area contributed by atoms with Crippen LogP contribution in [-0.4, -0.2) is 19.5 Å². The van der Waals surface area contributed by atoms with Crippen molar-refractivity contribution in [1.82, 2.24) is 19.5 Å². The monoisotopic (exact) mass is 645 g/mol. The minimum Gasteiger partial charge on any atom is -0.455 e. The highest BCUT2D eigenvalue weighted by molar-refractivity contribution is 6.12. The van der Waals surface area contributed by atoms with Gasteiger partial charge in [-0.25, -0.2) is 15.0 Å². The quantitative estimate of drug-likeness (QED) is 0.187. The third-order valence-corrected chi connectivity index (χ3v) is 9.15. The van der Waals surface area contributed by atoms with Gasteiger partial charge in [-0.3, -0.25) is 0 Å². The number of fused-ring (bicyclic) bond motifs is 6. The summed E-state index contributed by atoms with van der Waals surface area (Å²) in [6, 6.07) is 44.5. The van der Waals surface area contributed by atoms with Gasteiger partial charge < -0.3 is 8.98 Å². The molecule has 0 spiro atoms. The van der Waals surface area contributed by atoms with Crippen LogP contribution in [0.15, 0.2) is 174 Å². The van der Waals surface area contributed by atoms with Crippen molar-refractivity contribution in [3.8, 4) is 51.0 Å². The predicted octanol–water partition coefficient (Wildman–Crippen LogP) is 11.5.